The van der Waals surface area contributed by atoms with Crippen molar-refractivity contribution in [1.29, 1.82) is 0 Å². The number of carbonyl (C=O) groups is 1. The highest BCUT2D eigenvalue weighted by atomic mass is 35.5. The van der Waals surface area contributed by atoms with Gasteiger partial charge in [0.05, 0.1) is 21.3 Å². The van der Waals surface area contributed by atoms with Crippen molar-refractivity contribution in [3.63, 3.8) is 0 Å². The maximum absolute atomic E-state index is 11.8. The highest BCUT2D eigenvalue weighted by Gasteiger charge is 2.16. The van der Waals surface area contributed by atoms with Crippen molar-refractivity contribution in [1.82, 2.24) is 9.97 Å². The van der Waals surface area contributed by atoms with Crippen LogP contribution < -0.4 is 30.6 Å². The molecule has 4 N–H and O–H groups in total. The van der Waals surface area contributed by atoms with Crippen LogP contribution in [0.4, 0.5) is 23.1 Å². The van der Waals surface area contributed by atoms with Gasteiger partial charge in [-0.1, -0.05) is 17.7 Å². The smallest absolute Gasteiger partial charge is 0.254 e. The zero-order valence-electron chi connectivity index (χ0n) is 16.5. The highest BCUT2D eigenvalue weighted by molar-refractivity contribution is 6.30. The molecule has 1 aromatic heterocycles. The topological polar surface area (TPSA) is 121 Å². The predicted molar refractivity (Wildman–Crippen MR) is 115 cm³/mol. The average Bonchev–Trinajstić information content (AvgIpc) is 2.73. The summed E-state index contributed by atoms with van der Waals surface area (Å²) in [7, 11) is 4.56. The Morgan fingerprint density at radius 3 is 2.27 bits per heavy atom. The molecule has 0 aliphatic carbocycles. The van der Waals surface area contributed by atoms with E-state index in [0.717, 1.165) is 0 Å². The Morgan fingerprint density at radius 1 is 1.00 bits per heavy atom. The number of methoxy groups -OCH3 is 3. The fourth-order valence-electron chi connectivity index (χ4n) is 2.70. The van der Waals surface area contributed by atoms with Crippen molar-refractivity contribution in [2.75, 3.05) is 32.0 Å². The van der Waals surface area contributed by atoms with Crippen molar-refractivity contribution in [2.45, 2.75) is 0 Å². The fourth-order valence-corrected chi connectivity index (χ4v) is 2.89. The summed E-state index contributed by atoms with van der Waals surface area (Å²) in [5.74, 6) is 1.17. The van der Waals surface area contributed by atoms with Gasteiger partial charge < -0.3 is 30.6 Å². The van der Waals surface area contributed by atoms with Gasteiger partial charge in [0.25, 0.3) is 5.91 Å². The monoisotopic (exact) mass is 429 g/mol. The molecule has 3 aromatic rings. The van der Waals surface area contributed by atoms with Crippen molar-refractivity contribution in [3.8, 4) is 17.2 Å². The number of nitrogens with zero attached hydrogens (tertiary/aromatic N) is 2. The number of primary amides is 1. The molecule has 9 nitrogen and oxygen atoms in total. The minimum Gasteiger partial charge on any atom is -0.493 e. The van der Waals surface area contributed by atoms with Gasteiger partial charge in [-0.05, 0) is 18.2 Å². The van der Waals surface area contributed by atoms with E-state index in [9.17, 15) is 4.79 Å². The molecule has 0 saturated carbocycles. The molecular weight excluding hydrogens is 410 g/mol. The van der Waals surface area contributed by atoms with Gasteiger partial charge in [0.1, 0.15) is 11.4 Å². The third-order valence-corrected chi connectivity index (χ3v) is 4.30. The molecule has 1 amide bonds. The summed E-state index contributed by atoms with van der Waals surface area (Å²) >= 11 is 6.02. The van der Waals surface area contributed by atoms with Crippen molar-refractivity contribution >= 4 is 40.6 Å². The summed E-state index contributed by atoms with van der Waals surface area (Å²) in [4.78, 5) is 20.3. The first kappa shape index (κ1) is 21.0. The van der Waals surface area contributed by atoms with Crippen molar-refractivity contribution < 1.29 is 19.0 Å². The summed E-state index contributed by atoms with van der Waals surface area (Å²) in [6.45, 7) is 0. The summed E-state index contributed by atoms with van der Waals surface area (Å²) < 4.78 is 16.0. The van der Waals surface area contributed by atoms with Crippen LogP contribution in [0.25, 0.3) is 0 Å². The Labute approximate surface area is 178 Å². The molecule has 2 aromatic carbocycles. The van der Waals surface area contributed by atoms with Gasteiger partial charge in [-0.15, -0.1) is 0 Å². The molecule has 0 atom stereocenters. The first-order valence-electron chi connectivity index (χ1n) is 8.71. The number of amides is 1. The van der Waals surface area contributed by atoms with Gasteiger partial charge in [-0.3, -0.25) is 4.79 Å². The summed E-state index contributed by atoms with van der Waals surface area (Å²) in [6.07, 6.45) is 1.34. The van der Waals surface area contributed by atoms with Crippen LogP contribution in [0.5, 0.6) is 17.2 Å². The maximum Gasteiger partial charge on any atom is 0.254 e. The number of halogens is 1. The van der Waals surface area contributed by atoms with Crippen LogP contribution in [0.1, 0.15) is 10.4 Å². The largest absolute Gasteiger partial charge is 0.493 e. The van der Waals surface area contributed by atoms with E-state index in [4.69, 9.17) is 31.5 Å². The number of hydrogen-bond donors (Lipinski definition) is 3. The van der Waals surface area contributed by atoms with Gasteiger partial charge in [-0.2, -0.15) is 4.98 Å². The molecule has 0 aliphatic rings. The summed E-state index contributed by atoms with van der Waals surface area (Å²) in [5, 5.41) is 6.62. The van der Waals surface area contributed by atoms with Crippen LogP contribution >= 0.6 is 11.6 Å². The standard InChI is InChI=1S/C20H20ClN5O4/c1-28-15-8-13(9-16(29-2)17(15)30-3)25-20-23-10-14(18(22)27)19(26-20)24-12-6-4-5-11(21)7-12/h4-10H,1-3H3,(H2,22,27)(H2,23,24,25,26). The van der Waals surface area contributed by atoms with Crippen LogP contribution in [0.3, 0.4) is 0 Å². The molecule has 0 bridgehead atoms. The van der Waals surface area contributed by atoms with Crippen LogP contribution in [0.2, 0.25) is 5.02 Å². The first-order valence-corrected chi connectivity index (χ1v) is 9.09. The quantitative estimate of drug-likeness (QED) is 0.495. The lowest BCUT2D eigenvalue weighted by atomic mass is 10.2. The van der Waals surface area contributed by atoms with Gasteiger partial charge in [0, 0.05) is 34.7 Å². The second kappa shape index (κ2) is 9.19. The SMILES string of the molecule is COc1cc(Nc2ncc(C(N)=O)c(Nc3cccc(Cl)c3)n2)cc(OC)c1OC. The van der Waals surface area contributed by atoms with Crippen LogP contribution in [0.15, 0.2) is 42.6 Å². The van der Waals surface area contributed by atoms with Crippen molar-refractivity contribution in [3.05, 3.63) is 53.2 Å². The second-order valence-electron chi connectivity index (χ2n) is 5.99. The first-order chi connectivity index (χ1) is 14.4. The Bertz CT molecular complexity index is 1050. The Morgan fingerprint density at radius 2 is 1.70 bits per heavy atom. The molecular formula is C20H20ClN5O4. The lowest BCUT2D eigenvalue weighted by Crippen LogP contribution is -2.15. The number of benzene rings is 2. The van der Waals surface area contributed by atoms with Gasteiger partial charge in [0.15, 0.2) is 11.5 Å². The molecule has 0 fully saturated rings. The molecule has 0 unspecified atom stereocenters. The minimum atomic E-state index is -0.668. The molecule has 0 radical (unpaired) electrons. The van der Waals surface area contributed by atoms with Gasteiger partial charge in [-0.25, -0.2) is 4.98 Å². The minimum absolute atomic E-state index is 0.130. The van der Waals surface area contributed by atoms with E-state index in [1.54, 1.807) is 36.4 Å². The number of hydrogen-bond acceptors (Lipinski definition) is 8. The number of nitrogens with one attached hydrogen (secondary N) is 2. The third kappa shape index (κ3) is 4.64. The summed E-state index contributed by atoms with van der Waals surface area (Å²) in [5.41, 5.74) is 6.82. The second-order valence-corrected chi connectivity index (χ2v) is 6.43. The highest BCUT2D eigenvalue weighted by Crippen LogP contribution is 2.40. The van der Waals surface area contributed by atoms with E-state index in [1.807, 2.05) is 0 Å². The Hall–Kier alpha value is -3.72. The molecule has 156 valence electrons. The number of ether oxygens (including phenoxy) is 3. The molecule has 10 heteroatoms. The fraction of sp³-hybridized carbons (Fsp3) is 0.150. The normalized spacial score (nSPS) is 10.3. The number of carbonyl (C=O) groups excluding carboxylic acids is 1. The van der Waals surface area contributed by atoms with E-state index >= 15 is 0 Å². The Kier molecular flexibility index (Phi) is 6.43. The number of nitrogens with two attached hydrogens (primary N) is 1. The van der Waals surface area contributed by atoms with E-state index in [-0.39, 0.29) is 17.3 Å². The van der Waals surface area contributed by atoms with Crippen LogP contribution in [-0.2, 0) is 0 Å². The molecule has 0 spiro atoms. The molecule has 0 saturated heterocycles. The predicted octanol–water partition coefficient (Wildman–Crippen LogP) is 3.74. The third-order valence-electron chi connectivity index (χ3n) is 4.06. The molecule has 1 heterocycles. The molecule has 0 aliphatic heterocycles. The number of aromatic nitrogens is 2. The van der Waals surface area contributed by atoms with Gasteiger partial charge >= 0.3 is 0 Å². The zero-order chi connectivity index (χ0) is 21.7. The number of anilines is 4. The van der Waals surface area contributed by atoms with Crippen LogP contribution in [-0.4, -0.2) is 37.2 Å². The molecule has 3 rings (SSSR count). The molecule has 30 heavy (non-hydrogen) atoms. The van der Waals surface area contributed by atoms with E-state index < -0.39 is 5.91 Å². The summed E-state index contributed by atoms with van der Waals surface area (Å²) in [6, 6.07) is 10.4. The average molecular weight is 430 g/mol. The van der Waals surface area contributed by atoms with Crippen molar-refractivity contribution in [2.24, 2.45) is 5.73 Å². The van der Waals surface area contributed by atoms with E-state index in [0.29, 0.717) is 33.6 Å². The van der Waals surface area contributed by atoms with Gasteiger partial charge in [0.2, 0.25) is 11.7 Å². The number of rotatable bonds is 8. The zero-order valence-corrected chi connectivity index (χ0v) is 17.3. The maximum atomic E-state index is 11.8. The lowest BCUT2D eigenvalue weighted by Gasteiger charge is -2.15. The Balaban J connectivity index is 1.96. The van der Waals surface area contributed by atoms with Crippen LogP contribution in [0, 0.1) is 0 Å². The lowest BCUT2D eigenvalue weighted by molar-refractivity contribution is 0.100. The van der Waals surface area contributed by atoms with E-state index in [2.05, 4.69) is 20.6 Å². The van der Waals surface area contributed by atoms with E-state index in [1.165, 1.54) is 27.5 Å².